The molecule has 0 aromatic carbocycles. The van der Waals surface area contributed by atoms with Crippen molar-refractivity contribution < 1.29 is 14.3 Å². The summed E-state index contributed by atoms with van der Waals surface area (Å²) in [5.41, 5.74) is 0. The minimum absolute atomic E-state index is 0.0686. The van der Waals surface area contributed by atoms with Crippen molar-refractivity contribution in [3.05, 3.63) is 12.7 Å². The molecule has 0 aliphatic carbocycles. The van der Waals surface area contributed by atoms with E-state index in [0.29, 0.717) is 19.6 Å². The molecular formula is C10H16N2O3. The Morgan fingerprint density at radius 2 is 2.13 bits per heavy atom. The second-order valence-electron chi connectivity index (χ2n) is 3.79. The third kappa shape index (κ3) is 3.53. The topological polar surface area (TPSA) is 57.4 Å². The first-order valence-corrected chi connectivity index (χ1v) is 5.16. The Labute approximate surface area is 89.0 Å². The summed E-state index contributed by atoms with van der Waals surface area (Å²) in [5.74, 6) is 0. The van der Waals surface area contributed by atoms with Gasteiger partial charge >= 0.3 is 6.03 Å². The van der Waals surface area contributed by atoms with Crippen LogP contribution in [0, 0.1) is 0 Å². The van der Waals surface area contributed by atoms with Crippen LogP contribution in [0.2, 0.25) is 0 Å². The molecule has 2 atom stereocenters. The van der Waals surface area contributed by atoms with Crippen molar-refractivity contribution in [2.75, 3.05) is 32.8 Å². The Bertz CT molecular complexity index is 249. The summed E-state index contributed by atoms with van der Waals surface area (Å²) in [5, 5.41) is 2.82. The summed E-state index contributed by atoms with van der Waals surface area (Å²) in [4.78, 5) is 13.4. The highest BCUT2D eigenvalue weighted by molar-refractivity contribution is 5.74. The third-order valence-corrected chi connectivity index (χ3v) is 2.35. The molecule has 0 radical (unpaired) electrons. The molecule has 2 heterocycles. The Balaban J connectivity index is 1.72. The summed E-state index contributed by atoms with van der Waals surface area (Å²) in [6, 6.07) is -0.0686. The molecule has 0 aromatic rings. The molecule has 0 aromatic heterocycles. The Hall–Kier alpha value is -1.07. The predicted octanol–water partition coefficient (Wildman–Crippen LogP) is -0.0184. The number of rotatable bonds is 6. The van der Waals surface area contributed by atoms with Crippen LogP contribution in [-0.4, -0.2) is 56.0 Å². The minimum Gasteiger partial charge on any atom is -0.371 e. The van der Waals surface area contributed by atoms with Gasteiger partial charge in [0.2, 0.25) is 0 Å². The molecule has 2 saturated heterocycles. The van der Waals surface area contributed by atoms with Crippen LogP contribution in [0.1, 0.15) is 0 Å². The second kappa shape index (κ2) is 4.63. The minimum atomic E-state index is -0.0686. The third-order valence-electron chi connectivity index (χ3n) is 2.35. The molecule has 2 unspecified atom stereocenters. The summed E-state index contributed by atoms with van der Waals surface area (Å²) < 4.78 is 10.1. The number of hydrogen-bond acceptors (Lipinski definition) is 3. The van der Waals surface area contributed by atoms with Gasteiger partial charge in [-0.1, -0.05) is 6.08 Å². The van der Waals surface area contributed by atoms with Crippen molar-refractivity contribution in [2.45, 2.75) is 12.2 Å². The summed E-state index contributed by atoms with van der Waals surface area (Å²) in [7, 11) is 0. The Morgan fingerprint density at radius 3 is 2.67 bits per heavy atom. The average Bonchev–Trinajstić information content (AvgIpc) is 3.07. The fourth-order valence-corrected chi connectivity index (χ4v) is 1.31. The molecule has 2 amide bonds. The van der Waals surface area contributed by atoms with Crippen LogP contribution >= 0.6 is 0 Å². The van der Waals surface area contributed by atoms with E-state index in [1.54, 1.807) is 11.0 Å². The molecule has 0 bridgehead atoms. The zero-order valence-corrected chi connectivity index (χ0v) is 8.65. The van der Waals surface area contributed by atoms with Crippen LogP contribution < -0.4 is 5.32 Å². The van der Waals surface area contributed by atoms with Crippen molar-refractivity contribution in [1.82, 2.24) is 10.2 Å². The van der Waals surface area contributed by atoms with E-state index in [1.165, 1.54) is 0 Å². The molecule has 2 aliphatic heterocycles. The zero-order valence-electron chi connectivity index (χ0n) is 8.65. The number of nitrogens with one attached hydrogen (secondary N) is 1. The van der Waals surface area contributed by atoms with E-state index in [-0.39, 0.29) is 18.2 Å². The number of nitrogens with zero attached hydrogens (tertiary/aromatic N) is 1. The maximum Gasteiger partial charge on any atom is 0.317 e. The highest BCUT2D eigenvalue weighted by atomic mass is 16.6. The van der Waals surface area contributed by atoms with Crippen LogP contribution in [0.15, 0.2) is 12.7 Å². The van der Waals surface area contributed by atoms with Crippen LogP contribution in [0.4, 0.5) is 4.79 Å². The standard InChI is InChI=1S/C10H16N2O3/c1-2-3-12(5-9-7-15-9)10(13)11-4-8-6-14-8/h2,8-9H,1,3-7H2,(H,11,13). The summed E-state index contributed by atoms with van der Waals surface area (Å²) >= 11 is 0. The van der Waals surface area contributed by atoms with Crippen LogP contribution in [-0.2, 0) is 9.47 Å². The first-order chi connectivity index (χ1) is 7.29. The van der Waals surface area contributed by atoms with E-state index in [0.717, 1.165) is 13.2 Å². The molecule has 0 spiro atoms. The van der Waals surface area contributed by atoms with E-state index >= 15 is 0 Å². The number of epoxide rings is 2. The number of carbonyl (C=O) groups is 1. The van der Waals surface area contributed by atoms with Gasteiger partial charge in [0.15, 0.2) is 0 Å². The van der Waals surface area contributed by atoms with Gasteiger partial charge in [0.05, 0.1) is 32.0 Å². The molecule has 2 rings (SSSR count). The zero-order chi connectivity index (χ0) is 10.7. The van der Waals surface area contributed by atoms with Gasteiger partial charge in [0.25, 0.3) is 0 Å². The normalized spacial score (nSPS) is 26.9. The van der Waals surface area contributed by atoms with Crippen molar-refractivity contribution in [1.29, 1.82) is 0 Å². The van der Waals surface area contributed by atoms with E-state index in [2.05, 4.69) is 11.9 Å². The maximum absolute atomic E-state index is 11.7. The van der Waals surface area contributed by atoms with Gasteiger partial charge in [-0.25, -0.2) is 4.79 Å². The highest BCUT2D eigenvalue weighted by Gasteiger charge is 2.28. The Morgan fingerprint density at radius 1 is 1.47 bits per heavy atom. The number of hydrogen-bond donors (Lipinski definition) is 1. The van der Waals surface area contributed by atoms with Gasteiger partial charge in [0.1, 0.15) is 0 Å². The summed E-state index contributed by atoms with van der Waals surface area (Å²) in [6.07, 6.45) is 2.15. The van der Waals surface area contributed by atoms with Gasteiger partial charge in [0, 0.05) is 13.1 Å². The first-order valence-electron chi connectivity index (χ1n) is 5.16. The molecule has 84 valence electrons. The fourth-order valence-electron chi connectivity index (χ4n) is 1.31. The van der Waals surface area contributed by atoms with Crippen LogP contribution in [0.25, 0.3) is 0 Å². The SMILES string of the molecule is C=CCN(CC1CO1)C(=O)NCC1CO1. The Kier molecular flexibility index (Phi) is 3.23. The first kappa shape index (κ1) is 10.4. The van der Waals surface area contributed by atoms with E-state index < -0.39 is 0 Å². The van der Waals surface area contributed by atoms with Crippen molar-refractivity contribution in [3.8, 4) is 0 Å². The summed E-state index contributed by atoms with van der Waals surface area (Å²) in [6.45, 7) is 6.94. The largest absolute Gasteiger partial charge is 0.371 e. The van der Waals surface area contributed by atoms with Crippen LogP contribution in [0.3, 0.4) is 0 Å². The van der Waals surface area contributed by atoms with Gasteiger partial charge in [-0.3, -0.25) is 0 Å². The average molecular weight is 212 g/mol. The quantitative estimate of drug-likeness (QED) is 0.497. The van der Waals surface area contributed by atoms with Gasteiger partial charge in [-0.2, -0.15) is 0 Å². The van der Waals surface area contributed by atoms with Gasteiger partial charge in [-0.15, -0.1) is 6.58 Å². The molecule has 1 N–H and O–H groups in total. The van der Waals surface area contributed by atoms with E-state index in [9.17, 15) is 4.79 Å². The van der Waals surface area contributed by atoms with E-state index in [4.69, 9.17) is 9.47 Å². The van der Waals surface area contributed by atoms with Gasteiger partial charge < -0.3 is 19.7 Å². The molecule has 2 aliphatic rings. The lowest BCUT2D eigenvalue weighted by atomic mass is 10.4. The van der Waals surface area contributed by atoms with Gasteiger partial charge in [-0.05, 0) is 0 Å². The highest BCUT2D eigenvalue weighted by Crippen LogP contribution is 2.11. The molecular weight excluding hydrogens is 196 g/mol. The molecule has 5 heteroatoms. The monoisotopic (exact) mass is 212 g/mol. The lowest BCUT2D eigenvalue weighted by Gasteiger charge is -2.20. The number of carbonyl (C=O) groups excluding carboxylic acids is 1. The smallest absolute Gasteiger partial charge is 0.317 e. The number of amides is 2. The van der Waals surface area contributed by atoms with Crippen LogP contribution in [0.5, 0.6) is 0 Å². The molecule has 2 fully saturated rings. The second-order valence-corrected chi connectivity index (χ2v) is 3.79. The van der Waals surface area contributed by atoms with Crippen molar-refractivity contribution in [3.63, 3.8) is 0 Å². The lowest BCUT2D eigenvalue weighted by Crippen LogP contribution is -2.43. The number of urea groups is 1. The lowest BCUT2D eigenvalue weighted by molar-refractivity contribution is 0.196. The number of ether oxygens (including phenoxy) is 2. The molecule has 0 saturated carbocycles. The van der Waals surface area contributed by atoms with Crippen molar-refractivity contribution >= 4 is 6.03 Å². The fraction of sp³-hybridized carbons (Fsp3) is 0.700. The molecule has 5 nitrogen and oxygen atoms in total. The predicted molar refractivity (Wildman–Crippen MR) is 54.6 cm³/mol. The van der Waals surface area contributed by atoms with E-state index in [1.807, 2.05) is 0 Å². The maximum atomic E-state index is 11.7. The van der Waals surface area contributed by atoms with Crippen molar-refractivity contribution in [2.24, 2.45) is 0 Å². The molecule has 15 heavy (non-hydrogen) atoms.